The second-order valence-corrected chi connectivity index (χ2v) is 2.96. The molecular weight excluding hydrogens is 174 g/mol. The molecule has 1 amide bonds. The Labute approximate surface area is 69.2 Å². The summed E-state index contributed by atoms with van der Waals surface area (Å²) in [6, 6.07) is 5.41. The number of hydrogen-bond acceptors (Lipinski definition) is 1. The molecule has 11 heavy (non-hydrogen) atoms. The first kappa shape index (κ1) is 6.68. The molecule has 0 bridgehead atoms. The summed E-state index contributed by atoms with van der Waals surface area (Å²) in [5.74, 6) is 0.0438. The quantitative estimate of drug-likeness (QED) is 0.647. The number of amides is 1. The highest BCUT2D eigenvalue weighted by molar-refractivity contribution is 6.30. The molecule has 1 aliphatic heterocycles. The number of anilines is 1. The highest BCUT2D eigenvalue weighted by Crippen LogP contribution is 2.25. The molecular formula is C8H6ClNO. The molecule has 2 rings (SSSR count). The van der Waals surface area contributed by atoms with E-state index < -0.39 is 0 Å². The van der Waals surface area contributed by atoms with Crippen molar-refractivity contribution in [2.75, 3.05) is 5.32 Å². The molecule has 0 aromatic heterocycles. The van der Waals surface area contributed by atoms with Gasteiger partial charge in [0.1, 0.15) is 0 Å². The number of halogens is 1. The van der Waals surface area contributed by atoms with Gasteiger partial charge in [-0.25, -0.2) is 0 Å². The normalized spacial score (nSPS) is 14.5. The molecule has 0 aliphatic carbocycles. The predicted octanol–water partition coefficient (Wildman–Crippen LogP) is 1.83. The van der Waals surface area contributed by atoms with E-state index in [0.29, 0.717) is 11.4 Å². The minimum atomic E-state index is 0.0438. The molecule has 0 unspecified atom stereocenters. The van der Waals surface area contributed by atoms with Gasteiger partial charge in [0.05, 0.1) is 6.42 Å². The van der Waals surface area contributed by atoms with Crippen molar-refractivity contribution < 1.29 is 4.79 Å². The fourth-order valence-corrected chi connectivity index (χ4v) is 1.39. The molecule has 3 heteroatoms. The van der Waals surface area contributed by atoms with Crippen LogP contribution in [0.25, 0.3) is 0 Å². The molecule has 1 N–H and O–H groups in total. The van der Waals surface area contributed by atoms with Crippen molar-refractivity contribution in [1.29, 1.82) is 0 Å². The van der Waals surface area contributed by atoms with Crippen LogP contribution in [0.3, 0.4) is 0 Å². The van der Waals surface area contributed by atoms with Gasteiger partial charge in [0.15, 0.2) is 0 Å². The summed E-state index contributed by atoms with van der Waals surface area (Å²) in [6.07, 6.45) is 0.454. The number of benzene rings is 1. The van der Waals surface area contributed by atoms with Gasteiger partial charge in [0.25, 0.3) is 0 Å². The Balaban J connectivity index is 2.51. The maximum Gasteiger partial charge on any atom is 0.228 e. The maximum atomic E-state index is 10.9. The highest BCUT2D eigenvalue weighted by atomic mass is 35.5. The molecule has 1 aliphatic rings. The minimum Gasteiger partial charge on any atom is -0.326 e. The number of carbonyl (C=O) groups is 1. The fraction of sp³-hybridized carbons (Fsp3) is 0.125. The SMILES string of the molecule is O=C1C[14c]2[14cH][14c](Cl)[14cH][14cH][14c]2N1. The fourth-order valence-electron chi connectivity index (χ4n) is 1.20. The van der Waals surface area contributed by atoms with Gasteiger partial charge in [0, 0.05) is 10.7 Å². The van der Waals surface area contributed by atoms with Gasteiger partial charge >= 0.3 is 0 Å². The smallest absolute Gasteiger partial charge is 0.228 e. The summed E-state index contributed by atoms with van der Waals surface area (Å²) >= 11 is 5.73. The van der Waals surface area contributed by atoms with Crippen LogP contribution < -0.4 is 5.32 Å². The molecule has 1 aromatic carbocycles. The summed E-state index contributed by atoms with van der Waals surface area (Å²) in [4.78, 5) is 10.9. The van der Waals surface area contributed by atoms with Gasteiger partial charge in [-0.05, 0) is 23.8 Å². The van der Waals surface area contributed by atoms with Crippen LogP contribution >= 0.6 is 11.6 Å². The average molecular weight is 180 g/mol. The molecule has 0 radical (unpaired) electrons. The molecule has 56 valence electrons. The standard InChI is InChI=1S/C8H6ClNO/c9-6-1-2-7-5(3-6)4-8(11)10-7/h1-3H,4H2,(H,10,11)/i1+2,2+2,3+2,5+2,6+2,7+2. The molecule has 0 saturated heterocycles. The van der Waals surface area contributed by atoms with Gasteiger partial charge in [-0.1, -0.05) is 11.6 Å². The second kappa shape index (κ2) is 2.24. The Morgan fingerprint density at radius 3 is 3.18 bits per heavy atom. The van der Waals surface area contributed by atoms with E-state index in [1.54, 1.807) is 6.07 Å². The van der Waals surface area contributed by atoms with E-state index >= 15 is 0 Å². The van der Waals surface area contributed by atoms with Crippen LogP contribution in [0.15, 0.2) is 18.2 Å². The number of rotatable bonds is 0. The van der Waals surface area contributed by atoms with Crippen molar-refractivity contribution in [2.24, 2.45) is 0 Å². The molecule has 0 fully saturated rings. The zero-order valence-corrected chi connectivity index (χ0v) is 6.48. The minimum absolute atomic E-state index is 0.0438. The Bertz CT molecular complexity index is 322. The Morgan fingerprint density at radius 1 is 1.55 bits per heavy atom. The molecule has 0 spiro atoms. The van der Waals surface area contributed by atoms with Crippen LogP contribution in [-0.4, -0.2) is 5.91 Å². The molecule has 2 nitrogen and oxygen atoms in total. The first-order valence-electron chi connectivity index (χ1n) is 3.34. The van der Waals surface area contributed by atoms with Crippen LogP contribution in [0.1, 0.15) is 5.56 Å². The number of nitrogens with one attached hydrogen (secondary N) is 1. The third kappa shape index (κ3) is 1.10. The van der Waals surface area contributed by atoms with Crippen molar-refractivity contribution in [1.82, 2.24) is 0 Å². The summed E-state index contributed by atoms with van der Waals surface area (Å²) in [7, 11) is 0. The third-order valence-electron chi connectivity index (χ3n) is 1.69. The van der Waals surface area contributed by atoms with Crippen molar-refractivity contribution >= 4 is 23.2 Å². The summed E-state index contributed by atoms with van der Waals surface area (Å²) in [5.41, 5.74) is 1.88. The van der Waals surface area contributed by atoms with Crippen LogP contribution in [-0.2, 0) is 11.2 Å². The van der Waals surface area contributed by atoms with Crippen molar-refractivity contribution in [3.63, 3.8) is 0 Å². The van der Waals surface area contributed by atoms with E-state index in [2.05, 4.69) is 5.32 Å². The monoisotopic (exact) mass is 179 g/mol. The highest BCUT2D eigenvalue weighted by Gasteiger charge is 2.16. The summed E-state index contributed by atoms with van der Waals surface area (Å²) in [5, 5.41) is 3.41. The van der Waals surface area contributed by atoms with Gasteiger partial charge < -0.3 is 5.32 Å². The van der Waals surface area contributed by atoms with E-state index in [1.807, 2.05) is 12.1 Å². The van der Waals surface area contributed by atoms with Crippen molar-refractivity contribution in [3.8, 4) is 0 Å². The van der Waals surface area contributed by atoms with E-state index in [-0.39, 0.29) is 5.91 Å². The number of fused-ring (bicyclic) bond motifs is 1. The van der Waals surface area contributed by atoms with Gasteiger partial charge in [0.2, 0.25) is 5.91 Å². The largest absolute Gasteiger partial charge is 0.326 e. The lowest BCUT2D eigenvalue weighted by Gasteiger charge is -1.96. The first-order valence-corrected chi connectivity index (χ1v) is 3.72. The van der Waals surface area contributed by atoms with Crippen LogP contribution in [0.2, 0.25) is 5.02 Å². The van der Waals surface area contributed by atoms with Crippen LogP contribution in [0.5, 0.6) is 0 Å². The molecule has 0 saturated carbocycles. The second-order valence-electron chi connectivity index (χ2n) is 2.53. The first-order chi connectivity index (χ1) is 5.25. The molecule has 0 atom stereocenters. The third-order valence-corrected chi connectivity index (χ3v) is 1.93. The zero-order chi connectivity index (χ0) is 7.84. The number of hydrogen-bond donors (Lipinski definition) is 1. The Hall–Kier alpha value is -1.02. The lowest BCUT2D eigenvalue weighted by atomic mass is 10.7. The van der Waals surface area contributed by atoms with Gasteiger partial charge in [-0.2, -0.15) is 0 Å². The predicted molar refractivity (Wildman–Crippen MR) is 43.8 cm³/mol. The van der Waals surface area contributed by atoms with E-state index in [1.165, 1.54) is 0 Å². The van der Waals surface area contributed by atoms with Crippen LogP contribution in [0.4, 0.5) is 5.69 Å². The average Bonchev–Trinajstić information content (AvgIpc) is 2.27. The van der Waals surface area contributed by atoms with E-state index in [4.69, 9.17) is 11.6 Å². The lowest BCUT2D eigenvalue weighted by Crippen LogP contribution is -2.03. The van der Waals surface area contributed by atoms with Crippen molar-refractivity contribution in [3.05, 3.63) is 28.8 Å². The van der Waals surface area contributed by atoms with Crippen molar-refractivity contribution in [2.45, 2.75) is 6.42 Å². The zero-order valence-electron chi connectivity index (χ0n) is 5.73. The molecule has 1 heterocycles. The Morgan fingerprint density at radius 2 is 2.36 bits per heavy atom. The van der Waals surface area contributed by atoms with Gasteiger partial charge in [-0.3, -0.25) is 4.79 Å². The van der Waals surface area contributed by atoms with Gasteiger partial charge in [-0.15, -0.1) is 0 Å². The number of carbonyl (C=O) groups excluding carboxylic acids is 1. The van der Waals surface area contributed by atoms with E-state index in [9.17, 15) is 4.79 Å². The Kier molecular flexibility index (Phi) is 1.36. The van der Waals surface area contributed by atoms with E-state index in [0.717, 1.165) is 11.3 Å². The lowest BCUT2D eigenvalue weighted by molar-refractivity contribution is -0.115. The maximum absolute atomic E-state index is 10.9. The summed E-state index contributed by atoms with van der Waals surface area (Å²) in [6.45, 7) is 0. The topological polar surface area (TPSA) is 29.1 Å². The van der Waals surface area contributed by atoms with Crippen LogP contribution in [0, 0.1) is 0 Å². The summed E-state index contributed by atoms with van der Waals surface area (Å²) < 4.78 is 0. The molecule has 1 aromatic rings.